The quantitative estimate of drug-likeness (QED) is 0.106. The first-order valence-corrected chi connectivity index (χ1v) is 16.8. The Morgan fingerprint density at radius 3 is 2.39 bits per heavy atom. The number of phenolic OH excluding ortho intramolecular Hbond substituents is 1. The number of rotatable bonds is 11. The van der Waals surface area contributed by atoms with Gasteiger partial charge in [-0.1, -0.05) is 39.5 Å². The Morgan fingerprint density at radius 1 is 1.04 bits per heavy atom. The number of benzene rings is 1. The third-order valence-corrected chi connectivity index (χ3v) is 10.8. The van der Waals surface area contributed by atoms with Gasteiger partial charge in [-0.3, -0.25) is 0 Å². The van der Waals surface area contributed by atoms with Crippen molar-refractivity contribution in [3.8, 4) is 5.75 Å². The second-order valence-electron chi connectivity index (χ2n) is 14.4. The summed E-state index contributed by atoms with van der Waals surface area (Å²) in [5.41, 5.74) is 0.194. The lowest BCUT2D eigenvalue weighted by molar-refractivity contribution is -0.306. The first-order chi connectivity index (χ1) is 23.2. The highest BCUT2D eigenvalue weighted by Gasteiger charge is 2.61. The summed E-state index contributed by atoms with van der Waals surface area (Å²) in [6.45, 7) is 8.56. The van der Waals surface area contributed by atoms with Crippen molar-refractivity contribution in [1.82, 2.24) is 0 Å². The van der Waals surface area contributed by atoms with E-state index >= 15 is 0 Å². The minimum absolute atomic E-state index is 0.00889. The number of carbonyl (C=O) groups is 3. The Balaban J connectivity index is 1.37. The molecular formula is C35H48O14. The Hall–Kier alpha value is -3.11. The van der Waals surface area contributed by atoms with Crippen LogP contribution >= 0.6 is 0 Å². The molecule has 13 atom stereocenters. The maximum Gasteiger partial charge on any atom is 0.348 e. The number of esters is 3. The predicted molar refractivity (Wildman–Crippen MR) is 168 cm³/mol. The first-order valence-electron chi connectivity index (χ1n) is 16.8. The van der Waals surface area contributed by atoms with Crippen molar-refractivity contribution >= 4 is 17.9 Å². The molecule has 1 aromatic rings. The number of aliphatic hydroxyl groups is 5. The van der Waals surface area contributed by atoms with Gasteiger partial charge in [0.25, 0.3) is 0 Å². The van der Waals surface area contributed by atoms with E-state index in [1.54, 1.807) is 26.0 Å². The fourth-order valence-electron chi connectivity index (χ4n) is 7.88. The van der Waals surface area contributed by atoms with Gasteiger partial charge in [-0.05, 0) is 55.2 Å². The molecule has 0 radical (unpaired) electrons. The Bertz CT molecular complexity index is 1360. The summed E-state index contributed by atoms with van der Waals surface area (Å²) in [5, 5.41) is 60.6. The predicted octanol–water partition coefficient (Wildman–Crippen LogP) is 0.516. The van der Waals surface area contributed by atoms with Crippen LogP contribution < -0.4 is 0 Å². The zero-order chi connectivity index (χ0) is 35.8. The number of hydrogen-bond donors (Lipinski definition) is 6. The van der Waals surface area contributed by atoms with E-state index in [1.807, 2.05) is 6.92 Å². The standard InChI is InChI=1S/C35H48O14/c1-16(2)26(38)33(44)46-22(13-18-5-8-20(37)9-6-18)32(43)48-24-10-7-19(15-45-34-29(41)28(40)27(39)23(14-36)47-34)25-30-21(11-12-35(24,25)4)17(3)31(42)49-30/h5-6,8-9,16,19,21-30,34,36-41H,3,7,10-15H2,1-2,4H3/t19-,21+,22-,23+,24+,25+,26+,27+,28-,29+,30-,34+,35-/m0/s1. The summed E-state index contributed by atoms with van der Waals surface area (Å²) in [6.07, 6.45) is -9.61. The molecule has 5 rings (SSSR count). The average molecular weight is 693 g/mol. The molecule has 0 aromatic heterocycles. The highest BCUT2D eigenvalue weighted by molar-refractivity contribution is 5.91. The van der Waals surface area contributed by atoms with E-state index in [0.717, 1.165) is 0 Å². The molecule has 0 bridgehead atoms. The molecule has 272 valence electrons. The number of ether oxygens (including phenoxy) is 5. The first kappa shape index (κ1) is 37.2. The van der Waals surface area contributed by atoms with Gasteiger partial charge in [-0.15, -0.1) is 0 Å². The molecule has 14 heteroatoms. The number of fused-ring (bicyclic) bond motifs is 3. The number of phenols is 1. The molecule has 2 aliphatic carbocycles. The van der Waals surface area contributed by atoms with Crippen LogP contribution in [-0.2, 0) is 44.5 Å². The van der Waals surface area contributed by atoms with E-state index in [0.29, 0.717) is 36.8 Å². The Labute approximate surface area is 284 Å². The van der Waals surface area contributed by atoms with Crippen LogP contribution in [-0.4, -0.2) is 117 Å². The summed E-state index contributed by atoms with van der Waals surface area (Å²) in [6, 6.07) is 6.06. The van der Waals surface area contributed by atoms with Crippen LogP contribution in [0.5, 0.6) is 5.75 Å². The molecule has 4 fully saturated rings. The van der Waals surface area contributed by atoms with Gasteiger partial charge >= 0.3 is 17.9 Å². The smallest absolute Gasteiger partial charge is 0.348 e. The maximum atomic E-state index is 13.9. The van der Waals surface area contributed by atoms with Crippen LogP contribution in [0.1, 0.15) is 52.0 Å². The molecular weight excluding hydrogens is 644 g/mol. The van der Waals surface area contributed by atoms with Gasteiger partial charge in [0, 0.05) is 29.2 Å². The summed E-state index contributed by atoms with van der Waals surface area (Å²) < 4.78 is 29.1. The van der Waals surface area contributed by atoms with E-state index < -0.39 is 96.9 Å². The fourth-order valence-corrected chi connectivity index (χ4v) is 7.88. The zero-order valence-electron chi connectivity index (χ0n) is 27.9. The van der Waals surface area contributed by atoms with Crippen LogP contribution in [0, 0.1) is 29.1 Å². The number of aliphatic hydroxyl groups excluding tert-OH is 5. The minimum atomic E-state index is -1.61. The SMILES string of the molecule is C=C1C(=O)O[C@@H]2[C@H]3[C@H](CO[C@@H]4O[C@H](CO)[C@@H](O)[C@H](O)[C@H]4O)CC[C@@H](OC(=O)[C@H](Cc4ccc(O)cc4)OC(=O)[C@H](O)C(C)C)[C@]3(C)CC[C@H]12. The van der Waals surface area contributed by atoms with Gasteiger partial charge < -0.3 is 54.3 Å². The van der Waals surface area contributed by atoms with Gasteiger partial charge in [0.1, 0.15) is 42.4 Å². The summed E-state index contributed by atoms with van der Waals surface area (Å²) in [4.78, 5) is 39.4. The molecule has 2 heterocycles. The number of carbonyl (C=O) groups excluding carboxylic acids is 3. The molecule has 4 aliphatic rings. The highest BCUT2D eigenvalue weighted by atomic mass is 16.7. The van der Waals surface area contributed by atoms with Gasteiger partial charge in [-0.25, -0.2) is 14.4 Å². The third-order valence-electron chi connectivity index (χ3n) is 10.8. The Kier molecular flexibility index (Phi) is 11.4. The fraction of sp³-hybridized carbons (Fsp3) is 0.686. The van der Waals surface area contributed by atoms with Gasteiger partial charge in [0.05, 0.1) is 13.2 Å². The van der Waals surface area contributed by atoms with Crippen molar-refractivity contribution in [3.05, 3.63) is 42.0 Å². The monoisotopic (exact) mass is 692 g/mol. The topological polar surface area (TPSA) is 219 Å². The lowest BCUT2D eigenvalue weighted by atomic mass is 9.52. The normalized spacial score (nSPS) is 37.1. The van der Waals surface area contributed by atoms with Crippen molar-refractivity contribution in [2.24, 2.45) is 29.1 Å². The summed E-state index contributed by atoms with van der Waals surface area (Å²) in [5.74, 6) is -3.70. The average Bonchev–Trinajstić information content (AvgIpc) is 3.36. The van der Waals surface area contributed by atoms with Crippen molar-refractivity contribution in [2.75, 3.05) is 13.2 Å². The number of hydrogen-bond acceptors (Lipinski definition) is 14. The molecule has 2 saturated heterocycles. The van der Waals surface area contributed by atoms with Crippen LogP contribution in [0.15, 0.2) is 36.4 Å². The van der Waals surface area contributed by atoms with Crippen LogP contribution in [0.3, 0.4) is 0 Å². The van der Waals surface area contributed by atoms with Gasteiger partial charge in [0.15, 0.2) is 12.4 Å². The van der Waals surface area contributed by atoms with Crippen molar-refractivity contribution in [3.63, 3.8) is 0 Å². The minimum Gasteiger partial charge on any atom is -0.508 e. The van der Waals surface area contributed by atoms with Crippen LogP contribution in [0.25, 0.3) is 0 Å². The molecule has 2 saturated carbocycles. The molecule has 1 aromatic carbocycles. The maximum absolute atomic E-state index is 13.9. The van der Waals surface area contributed by atoms with E-state index in [2.05, 4.69) is 6.58 Å². The second kappa shape index (κ2) is 15.0. The van der Waals surface area contributed by atoms with Gasteiger partial charge in [-0.2, -0.15) is 0 Å². The molecule has 14 nitrogen and oxygen atoms in total. The van der Waals surface area contributed by atoms with Gasteiger partial charge in [0.2, 0.25) is 6.10 Å². The van der Waals surface area contributed by atoms with E-state index in [9.17, 15) is 45.0 Å². The lowest BCUT2D eigenvalue weighted by Gasteiger charge is -2.55. The van der Waals surface area contributed by atoms with E-state index in [1.165, 1.54) is 12.1 Å². The molecule has 49 heavy (non-hydrogen) atoms. The molecule has 0 spiro atoms. The van der Waals surface area contributed by atoms with Crippen molar-refractivity contribution in [1.29, 1.82) is 0 Å². The highest BCUT2D eigenvalue weighted by Crippen LogP contribution is 2.58. The third kappa shape index (κ3) is 7.51. The van der Waals surface area contributed by atoms with Crippen molar-refractivity contribution < 1.29 is 68.7 Å². The molecule has 0 unspecified atom stereocenters. The summed E-state index contributed by atoms with van der Waals surface area (Å²) in [7, 11) is 0. The lowest BCUT2D eigenvalue weighted by Crippen LogP contribution is -2.60. The molecule has 0 amide bonds. The second-order valence-corrected chi connectivity index (χ2v) is 14.4. The molecule has 6 N–H and O–H groups in total. The zero-order valence-corrected chi connectivity index (χ0v) is 27.9. The molecule has 2 aliphatic heterocycles. The largest absolute Gasteiger partial charge is 0.508 e. The van der Waals surface area contributed by atoms with Crippen molar-refractivity contribution in [2.45, 2.75) is 108 Å². The number of aromatic hydroxyl groups is 1. The van der Waals surface area contributed by atoms with Crippen LogP contribution in [0.4, 0.5) is 0 Å². The van der Waals surface area contributed by atoms with E-state index in [-0.39, 0.29) is 30.6 Å². The summed E-state index contributed by atoms with van der Waals surface area (Å²) >= 11 is 0. The Morgan fingerprint density at radius 2 is 1.73 bits per heavy atom. The van der Waals surface area contributed by atoms with Crippen LogP contribution in [0.2, 0.25) is 0 Å². The van der Waals surface area contributed by atoms with E-state index in [4.69, 9.17) is 23.7 Å².